The summed E-state index contributed by atoms with van der Waals surface area (Å²) in [6, 6.07) is 2.10. The summed E-state index contributed by atoms with van der Waals surface area (Å²) in [7, 11) is 0. The summed E-state index contributed by atoms with van der Waals surface area (Å²) in [4.78, 5) is 6.56. The minimum Gasteiger partial charge on any atom is -0.354 e. The van der Waals surface area contributed by atoms with E-state index in [0.29, 0.717) is 12.6 Å². The maximum Gasteiger partial charge on any atom is 0.141 e. The Morgan fingerprint density at radius 2 is 2.41 bits per heavy atom. The molecule has 1 saturated heterocycles. The predicted molar refractivity (Wildman–Crippen MR) is 67.6 cm³/mol. The first-order valence-electron chi connectivity index (χ1n) is 6.34. The summed E-state index contributed by atoms with van der Waals surface area (Å²) < 4.78 is 13.2. The molecule has 0 radical (unpaired) electrons. The van der Waals surface area contributed by atoms with Crippen LogP contribution in [-0.4, -0.2) is 24.1 Å². The van der Waals surface area contributed by atoms with Crippen LogP contribution in [0.4, 0.5) is 10.2 Å². The number of nitrogens with one attached hydrogen (secondary N) is 1. The van der Waals surface area contributed by atoms with Crippen molar-refractivity contribution in [1.29, 1.82) is 0 Å². The van der Waals surface area contributed by atoms with Gasteiger partial charge in [0.15, 0.2) is 0 Å². The second-order valence-corrected chi connectivity index (χ2v) is 4.60. The van der Waals surface area contributed by atoms with Crippen molar-refractivity contribution in [3.63, 3.8) is 0 Å². The Hall–Kier alpha value is -1.16. The molecule has 1 N–H and O–H groups in total. The van der Waals surface area contributed by atoms with Crippen LogP contribution in [-0.2, 0) is 6.54 Å². The zero-order chi connectivity index (χ0) is 12.3. The second-order valence-electron chi connectivity index (χ2n) is 4.60. The molecule has 0 aromatic carbocycles. The van der Waals surface area contributed by atoms with Crippen LogP contribution < -0.4 is 10.2 Å². The summed E-state index contributed by atoms with van der Waals surface area (Å²) in [5, 5.41) is 3.24. The van der Waals surface area contributed by atoms with Crippen molar-refractivity contribution in [3.8, 4) is 0 Å². The van der Waals surface area contributed by atoms with E-state index < -0.39 is 0 Å². The van der Waals surface area contributed by atoms with Gasteiger partial charge in [-0.15, -0.1) is 0 Å². The van der Waals surface area contributed by atoms with Crippen LogP contribution in [0.1, 0.15) is 32.3 Å². The molecule has 1 aliphatic heterocycles. The van der Waals surface area contributed by atoms with E-state index in [1.54, 1.807) is 6.07 Å². The average molecular weight is 237 g/mol. The first kappa shape index (κ1) is 12.3. The zero-order valence-corrected chi connectivity index (χ0v) is 10.5. The molecule has 2 rings (SSSR count). The van der Waals surface area contributed by atoms with Crippen LogP contribution in [0.2, 0.25) is 0 Å². The molecule has 17 heavy (non-hydrogen) atoms. The van der Waals surface area contributed by atoms with Gasteiger partial charge in [0.25, 0.3) is 0 Å². The third-order valence-corrected chi connectivity index (χ3v) is 3.30. The average Bonchev–Trinajstić information content (AvgIpc) is 2.73. The lowest BCUT2D eigenvalue weighted by Crippen LogP contribution is -2.29. The molecule has 0 aliphatic carbocycles. The molecular weight excluding hydrogens is 217 g/mol. The number of aromatic nitrogens is 1. The maximum absolute atomic E-state index is 13.2. The summed E-state index contributed by atoms with van der Waals surface area (Å²) >= 11 is 0. The maximum atomic E-state index is 13.2. The molecule has 1 aromatic heterocycles. The number of hydrogen-bond donors (Lipinski definition) is 1. The standard InChI is InChI=1S/C13H20FN3/c1-3-15-8-11-7-12(14)9-16-13(11)17-6-4-5-10(17)2/h7,9-10,15H,3-6,8H2,1-2H3. The molecule has 2 heterocycles. The molecule has 0 saturated carbocycles. The summed E-state index contributed by atoms with van der Waals surface area (Å²) in [5.74, 6) is 0.686. The number of halogens is 1. The highest BCUT2D eigenvalue weighted by molar-refractivity contribution is 5.48. The van der Waals surface area contributed by atoms with Crippen LogP contribution in [0.3, 0.4) is 0 Å². The number of hydrogen-bond acceptors (Lipinski definition) is 3. The predicted octanol–water partition coefficient (Wildman–Crippen LogP) is 2.32. The van der Waals surface area contributed by atoms with Crippen LogP contribution in [0.25, 0.3) is 0 Å². The Kier molecular flexibility index (Phi) is 3.94. The van der Waals surface area contributed by atoms with Gasteiger partial charge in [-0.3, -0.25) is 0 Å². The lowest BCUT2D eigenvalue weighted by Gasteiger charge is -2.25. The van der Waals surface area contributed by atoms with Gasteiger partial charge in [-0.05, 0) is 32.4 Å². The Labute approximate surface area is 102 Å². The molecule has 3 nitrogen and oxygen atoms in total. The van der Waals surface area contributed by atoms with Crippen molar-refractivity contribution < 1.29 is 4.39 Å². The van der Waals surface area contributed by atoms with E-state index in [4.69, 9.17) is 0 Å². The number of pyridine rings is 1. The Morgan fingerprint density at radius 3 is 3.06 bits per heavy atom. The third-order valence-electron chi connectivity index (χ3n) is 3.30. The van der Waals surface area contributed by atoms with Gasteiger partial charge in [-0.1, -0.05) is 6.92 Å². The van der Waals surface area contributed by atoms with Gasteiger partial charge in [-0.2, -0.15) is 0 Å². The van der Waals surface area contributed by atoms with Crippen LogP contribution in [0.5, 0.6) is 0 Å². The minimum absolute atomic E-state index is 0.256. The Bertz CT molecular complexity index is 381. The van der Waals surface area contributed by atoms with E-state index in [2.05, 4.69) is 22.1 Å². The Morgan fingerprint density at radius 1 is 1.59 bits per heavy atom. The van der Waals surface area contributed by atoms with E-state index >= 15 is 0 Å². The topological polar surface area (TPSA) is 28.2 Å². The molecular formula is C13H20FN3. The second kappa shape index (κ2) is 5.45. The largest absolute Gasteiger partial charge is 0.354 e. The van der Waals surface area contributed by atoms with Crippen molar-refractivity contribution in [1.82, 2.24) is 10.3 Å². The summed E-state index contributed by atoms with van der Waals surface area (Å²) in [6.07, 6.45) is 3.70. The highest BCUT2D eigenvalue weighted by Crippen LogP contribution is 2.26. The van der Waals surface area contributed by atoms with Crippen molar-refractivity contribution >= 4 is 5.82 Å². The van der Waals surface area contributed by atoms with E-state index in [1.807, 2.05) is 6.92 Å². The lowest BCUT2D eigenvalue weighted by atomic mass is 10.2. The summed E-state index contributed by atoms with van der Waals surface area (Å²) in [6.45, 7) is 6.84. The molecule has 0 amide bonds. The van der Waals surface area contributed by atoms with E-state index in [1.165, 1.54) is 19.0 Å². The smallest absolute Gasteiger partial charge is 0.141 e. The van der Waals surface area contributed by atoms with Gasteiger partial charge in [0.1, 0.15) is 11.6 Å². The molecule has 4 heteroatoms. The molecule has 94 valence electrons. The number of anilines is 1. The van der Waals surface area contributed by atoms with Gasteiger partial charge < -0.3 is 10.2 Å². The molecule has 1 aromatic rings. The molecule has 1 fully saturated rings. The van der Waals surface area contributed by atoms with E-state index in [-0.39, 0.29) is 5.82 Å². The van der Waals surface area contributed by atoms with Crippen molar-refractivity contribution in [2.24, 2.45) is 0 Å². The first-order chi connectivity index (χ1) is 8.22. The van der Waals surface area contributed by atoms with Crippen molar-refractivity contribution in [2.45, 2.75) is 39.3 Å². The van der Waals surface area contributed by atoms with Crippen molar-refractivity contribution in [3.05, 3.63) is 23.6 Å². The van der Waals surface area contributed by atoms with Gasteiger partial charge in [0, 0.05) is 24.7 Å². The fourth-order valence-electron chi connectivity index (χ4n) is 2.37. The minimum atomic E-state index is -0.256. The molecule has 1 aliphatic rings. The van der Waals surface area contributed by atoms with Gasteiger partial charge in [0.05, 0.1) is 6.20 Å². The Balaban J connectivity index is 2.25. The number of nitrogens with zero attached hydrogens (tertiary/aromatic N) is 2. The van der Waals surface area contributed by atoms with Crippen LogP contribution in [0.15, 0.2) is 12.3 Å². The first-order valence-corrected chi connectivity index (χ1v) is 6.34. The van der Waals surface area contributed by atoms with E-state index in [9.17, 15) is 4.39 Å². The summed E-state index contributed by atoms with van der Waals surface area (Å²) in [5.41, 5.74) is 0.959. The third kappa shape index (κ3) is 2.75. The quantitative estimate of drug-likeness (QED) is 0.871. The van der Waals surface area contributed by atoms with Crippen molar-refractivity contribution in [2.75, 3.05) is 18.0 Å². The highest BCUT2D eigenvalue weighted by atomic mass is 19.1. The van der Waals surface area contributed by atoms with Gasteiger partial charge in [-0.25, -0.2) is 9.37 Å². The monoisotopic (exact) mass is 237 g/mol. The van der Waals surface area contributed by atoms with Gasteiger partial charge in [0.2, 0.25) is 0 Å². The van der Waals surface area contributed by atoms with Crippen LogP contribution in [0, 0.1) is 5.82 Å². The fourth-order valence-corrected chi connectivity index (χ4v) is 2.37. The molecule has 0 spiro atoms. The van der Waals surface area contributed by atoms with Gasteiger partial charge >= 0.3 is 0 Å². The molecule has 1 unspecified atom stereocenters. The molecule has 0 bridgehead atoms. The lowest BCUT2D eigenvalue weighted by molar-refractivity contribution is 0.611. The molecule has 1 atom stereocenters. The highest BCUT2D eigenvalue weighted by Gasteiger charge is 2.23. The zero-order valence-electron chi connectivity index (χ0n) is 10.5. The van der Waals surface area contributed by atoms with Crippen LogP contribution >= 0.6 is 0 Å². The normalized spacial score (nSPS) is 19.9. The SMILES string of the molecule is CCNCc1cc(F)cnc1N1CCCC1C. The van der Waals surface area contributed by atoms with E-state index in [0.717, 1.165) is 24.5 Å². The fraction of sp³-hybridized carbons (Fsp3) is 0.615. The number of rotatable bonds is 4.